The highest BCUT2D eigenvalue weighted by atomic mass is 32.1. The van der Waals surface area contributed by atoms with Gasteiger partial charge in [0.2, 0.25) is 0 Å². The maximum absolute atomic E-state index is 7.11. The lowest BCUT2D eigenvalue weighted by Crippen LogP contribution is -2.81. The average molecular weight is 502 g/mol. The SMILES string of the molecule is COC12CC[C@@]3(CC1COCc1cc4ccccc4s1)[C@H]1Cc4ccc(C)c5c4[C@@]3(CCN1C)[C@H]2O5. The number of hydrogen-bond donors (Lipinski definition) is 0. The van der Waals surface area contributed by atoms with Gasteiger partial charge in [-0.1, -0.05) is 30.3 Å². The van der Waals surface area contributed by atoms with Crippen molar-refractivity contribution in [3.63, 3.8) is 0 Å². The number of methoxy groups -OCH3 is 1. The van der Waals surface area contributed by atoms with Gasteiger partial charge in [-0.3, -0.25) is 0 Å². The van der Waals surface area contributed by atoms with Crippen LogP contribution in [0, 0.1) is 18.3 Å². The first-order valence-corrected chi connectivity index (χ1v) is 14.4. The Morgan fingerprint density at radius 1 is 1.14 bits per heavy atom. The molecule has 2 unspecified atom stereocenters. The Hall–Kier alpha value is -1.92. The van der Waals surface area contributed by atoms with Crippen molar-refractivity contribution in [2.24, 2.45) is 11.3 Å². The van der Waals surface area contributed by atoms with Crippen LogP contribution in [0.4, 0.5) is 0 Å². The normalized spacial score (nSPS) is 37.8. The van der Waals surface area contributed by atoms with Crippen LogP contribution in [-0.4, -0.2) is 50.0 Å². The molecule has 5 heteroatoms. The maximum atomic E-state index is 7.11. The van der Waals surface area contributed by atoms with E-state index in [1.54, 1.807) is 5.56 Å². The molecule has 188 valence electrons. The summed E-state index contributed by atoms with van der Waals surface area (Å²) in [7, 11) is 4.29. The van der Waals surface area contributed by atoms with E-state index in [9.17, 15) is 0 Å². The predicted octanol–water partition coefficient (Wildman–Crippen LogP) is 5.87. The highest BCUT2D eigenvalue weighted by Gasteiger charge is 2.80. The minimum absolute atomic E-state index is 0.0787. The molecule has 4 nitrogen and oxygen atoms in total. The Labute approximate surface area is 217 Å². The molecule has 3 heterocycles. The number of thiophene rings is 1. The molecule has 6 aliphatic rings. The molecular weight excluding hydrogens is 466 g/mol. The van der Waals surface area contributed by atoms with Gasteiger partial charge in [0.15, 0.2) is 0 Å². The van der Waals surface area contributed by atoms with Crippen LogP contribution in [0.25, 0.3) is 10.1 Å². The molecule has 4 fully saturated rings. The van der Waals surface area contributed by atoms with Gasteiger partial charge in [0.05, 0.1) is 13.2 Å². The fraction of sp³-hybridized carbons (Fsp3) is 0.548. The van der Waals surface area contributed by atoms with Crippen molar-refractivity contribution < 1.29 is 14.2 Å². The Morgan fingerprint density at radius 2 is 2.03 bits per heavy atom. The molecule has 0 radical (unpaired) electrons. The van der Waals surface area contributed by atoms with Gasteiger partial charge in [0.1, 0.15) is 17.5 Å². The van der Waals surface area contributed by atoms with Gasteiger partial charge in [-0.15, -0.1) is 11.3 Å². The third-order valence-corrected chi connectivity index (χ3v) is 12.1. The zero-order chi connectivity index (χ0) is 24.3. The molecular formula is C31H35NO3S. The van der Waals surface area contributed by atoms with Crippen LogP contribution in [0.1, 0.15) is 47.3 Å². The number of hydrogen-bond acceptors (Lipinski definition) is 5. The highest BCUT2D eigenvalue weighted by Crippen LogP contribution is 2.76. The summed E-state index contributed by atoms with van der Waals surface area (Å²) in [5.41, 5.74) is 4.40. The van der Waals surface area contributed by atoms with E-state index in [1.807, 2.05) is 18.4 Å². The summed E-state index contributed by atoms with van der Waals surface area (Å²) in [6.45, 7) is 4.78. The minimum Gasteiger partial charge on any atom is -0.486 e. The largest absolute Gasteiger partial charge is 0.486 e. The number of nitrogens with zero attached hydrogens (tertiary/aromatic N) is 1. The van der Waals surface area contributed by atoms with Crippen molar-refractivity contribution in [2.75, 3.05) is 27.3 Å². The number of piperidine rings is 1. The first-order chi connectivity index (χ1) is 17.5. The van der Waals surface area contributed by atoms with Crippen molar-refractivity contribution in [3.05, 3.63) is 64.0 Å². The molecule has 3 saturated carbocycles. The van der Waals surface area contributed by atoms with Crippen molar-refractivity contribution in [3.8, 4) is 5.75 Å². The molecule has 2 aromatic carbocycles. The van der Waals surface area contributed by atoms with E-state index >= 15 is 0 Å². The van der Waals surface area contributed by atoms with E-state index in [-0.39, 0.29) is 22.5 Å². The maximum Gasteiger partial charge on any atom is 0.138 e. The number of benzene rings is 2. The molecule has 6 atom stereocenters. The molecule has 0 N–H and O–H groups in total. The highest BCUT2D eigenvalue weighted by molar-refractivity contribution is 7.19. The molecule has 1 saturated heterocycles. The number of likely N-dealkylation sites (N-methyl/N-ethyl adjacent to an activating group) is 1. The van der Waals surface area contributed by atoms with E-state index in [4.69, 9.17) is 14.2 Å². The Balaban J connectivity index is 1.18. The first-order valence-electron chi connectivity index (χ1n) is 13.6. The van der Waals surface area contributed by atoms with Gasteiger partial charge >= 0.3 is 0 Å². The molecule has 3 aromatic rings. The van der Waals surface area contributed by atoms with Crippen molar-refractivity contribution >= 4 is 21.4 Å². The van der Waals surface area contributed by atoms with Crippen LogP contribution in [0.15, 0.2) is 42.5 Å². The fourth-order valence-corrected chi connectivity index (χ4v) is 10.6. The molecule has 9 rings (SSSR count). The van der Waals surface area contributed by atoms with Gasteiger partial charge in [-0.25, -0.2) is 0 Å². The summed E-state index contributed by atoms with van der Waals surface area (Å²) in [6.07, 6.45) is 5.88. The minimum atomic E-state index is -0.289. The average Bonchev–Trinajstić information content (AvgIpc) is 3.47. The summed E-state index contributed by atoms with van der Waals surface area (Å²) in [6, 6.07) is 16.2. The fourth-order valence-electron chi connectivity index (χ4n) is 9.58. The summed E-state index contributed by atoms with van der Waals surface area (Å²) < 4.78 is 21.6. The van der Waals surface area contributed by atoms with Crippen molar-refractivity contribution in [1.29, 1.82) is 0 Å². The Bertz CT molecular complexity index is 1350. The lowest BCUT2D eigenvalue weighted by molar-refractivity contribution is -0.282. The van der Waals surface area contributed by atoms with Gasteiger partial charge in [0, 0.05) is 45.0 Å². The van der Waals surface area contributed by atoms with E-state index in [1.165, 1.54) is 51.1 Å². The van der Waals surface area contributed by atoms with Gasteiger partial charge in [-0.05, 0) is 81.3 Å². The zero-order valence-electron chi connectivity index (χ0n) is 21.5. The quantitative estimate of drug-likeness (QED) is 0.438. The number of likely N-dealkylation sites (tertiary alicyclic amines) is 1. The van der Waals surface area contributed by atoms with Crippen LogP contribution in [0.3, 0.4) is 0 Å². The number of ether oxygens (including phenoxy) is 3. The van der Waals surface area contributed by atoms with Gasteiger partial charge in [0.25, 0.3) is 0 Å². The standard InChI is InChI=1S/C31H35NO3S/c1-19-8-9-21-15-25-29-10-11-31(33-3,28-30(29,12-13-32(25)2)26(21)27(19)35-28)22(16-29)17-34-18-23-14-20-6-4-5-7-24(20)36-23/h4-9,14,22,25,28H,10-13,15-18H2,1-3H3/t22?,25-,28-,29-,30+,31?/m1/s1. The second-order valence-corrected chi connectivity index (χ2v) is 13.3. The predicted molar refractivity (Wildman–Crippen MR) is 143 cm³/mol. The molecule has 2 aliphatic heterocycles. The van der Waals surface area contributed by atoms with Crippen LogP contribution in [-0.2, 0) is 27.9 Å². The summed E-state index contributed by atoms with van der Waals surface area (Å²) in [4.78, 5) is 3.97. The van der Waals surface area contributed by atoms with Crippen LogP contribution < -0.4 is 4.74 Å². The van der Waals surface area contributed by atoms with E-state index in [0.717, 1.165) is 26.0 Å². The number of fused-ring (bicyclic) bond motifs is 3. The molecule has 36 heavy (non-hydrogen) atoms. The van der Waals surface area contributed by atoms with E-state index < -0.39 is 0 Å². The van der Waals surface area contributed by atoms with Crippen LogP contribution >= 0.6 is 11.3 Å². The second-order valence-electron chi connectivity index (χ2n) is 12.1. The monoisotopic (exact) mass is 501 g/mol. The van der Waals surface area contributed by atoms with Gasteiger partial charge in [-0.2, -0.15) is 0 Å². The molecule has 1 aromatic heterocycles. The van der Waals surface area contributed by atoms with E-state index in [2.05, 4.69) is 61.3 Å². The lowest BCUT2D eigenvalue weighted by Gasteiger charge is -2.73. The van der Waals surface area contributed by atoms with Crippen molar-refractivity contribution in [1.82, 2.24) is 4.90 Å². The molecule has 2 spiro atoms. The Kier molecular flexibility index (Phi) is 4.51. The third kappa shape index (κ3) is 2.47. The Morgan fingerprint density at radius 3 is 2.89 bits per heavy atom. The number of rotatable bonds is 5. The zero-order valence-corrected chi connectivity index (χ0v) is 22.3. The summed E-state index contributed by atoms with van der Waals surface area (Å²) >= 11 is 1.85. The molecule has 4 aliphatic carbocycles. The van der Waals surface area contributed by atoms with E-state index in [0.29, 0.717) is 18.6 Å². The van der Waals surface area contributed by atoms with Crippen LogP contribution in [0.2, 0.25) is 0 Å². The topological polar surface area (TPSA) is 30.9 Å². The molecule has 4 bridgehead atoms. The van der Waals surface area contributed by atoms with Crippen LogP contribution in [0.5, 0.6) is 5.75 Å². The molecule has 0 amide bonds. The summed E-state index contributed by atoms with van der Waals surface area (Å²) in [5, 5.41) is 1.31. The van der Waals surface area contributed by atoms with Crippen molar-refractivity contribution in [2.45, 2.75) is 68.8 Å². The smallest absolute Gasteiger partial charge is 0.138 e. The van der Waals surface area contributed by atoms with Gasteiger partial charge < -0.3 is 19.1 Å². The summed E-state index contributed by atoms with van der Waals surface area (Å²) in [5.74, 6) is 1.52. The number of aryl methyl sites for hydroxylation is 1. The first kappa shape index (κ1) is 22.1. The third-order valence-electron chi connectivity index (χ3n) is 11.0. The second kappa shape index (κ2) is 7.35. The lowest BCUT2D eigenvalue weighted by atomic mass is 9.35.